The van der Waals surface area contributed by atoms with E-state index in [0.717, 1.165) is 12.1 Å². The van der Waals surface area contributed by atoms with Gasteiger partial charge in [-0.2, -0.15) is 0 Å². The Morgan fingerprint density at radius 3 is 2.35 bits per heavy atom. The number of nitrogens with zero attached hydrogens (tertiary/aromatic N) is 1. The molecule has 1 aromatic heterocycles. The zero-order valence-corrected chi connectivity index (χ0v) is 14.1. The number of nitrogens with one attached hydrogen (secondary N) is 1. The topological polar surface area (TPSA) is 42.0 Å². The molecule has 1 amide bonds. The Kier molecular flexibility index (Phi) is 5.20. The minimum absolute atomic E-state index is 0.0960. The number of carbonyl (C=O) groups is 1. The quantitative estimate of drug-likeness (QED) is 0.846. The summed E-state index contributed by atoms with van der Waals surface area (Å²) < 4.78 is 0. The van der Waals surface area contributed by atoms with E-state index in [0.29, 0.717) is 17.3 Å². The fourth-order valence-corrected chi connectivity index (χ4v) is 1.77. The Bertz CT molecular complexity index is 490. The highest BCUT2D eigenvalue weighted by molar-refractivity contribution is 6.29. The Morgan fingerprint density at radius 1 is 1.25 bits per heavy atom. The zero-order chi connectivity index (χ0) is 15.6. The minimum Gasteiger partial charge on any atom is -0.352 e. The van der Waals surface area contributed by atoms with Gasteiger partial charge >= 0.3 is 0 Å². The number of hydrogen-bond acceptors (Lipinski definition) is 2. The summed E-state index contributed by atoms with van der Waals surface area (Å²) in [5.74, 6) is -0.0960. The molecule has 1 N–H and O–H groups in total. The number of aromatic nitrogens is 1. The maximum atomic E-state index is 12.2. The summed E-state index contributed by atoms with van der Waals surface area (Å²) in [4.78, 5) is 16.5. The van der Waals surface area contributed by atoms with Crippen LogP contribution in [0.3, 0.4) is 0 Å². The van der Waals surface area contributed by atoms with Gasteiger partial charge in [0.2, 0.25) is 0 Å². The summed E-state index contributed by atoms with van der Waals surface area (Å²) in [7, 11) is 0. The van der Waals surface area contributed by atoms with Gasteiger partial charge in [-0.25, -0.2) is 4.98 Å². The van der Waals surface area contributed by atoms with Crippen molar-refractivity contribution in [2.24, 2.45) is 5.41 Å². The average molecular weight is 297 g/mol. The maximum absolute atomic E-state index is 12.2. The fraction of sp³-hybridized carbons (Fsp3) is 0.625. The Labute approximate surface area is 127 Å². The van der Waals surface area contributed by atoms with Gasteiger partial charge in [0.15, 0.2) is 0 Å². The van der Waals surface area contributed by atoms with Gasteiger partial charge in [-0.15, -0.1) is 0 Å². The molecule has 1 rings (SSSR count). The largest absolute Gasteiger partial charge is 0.352 e. The van der Waals surface area contributed by atoms with Crippen LogP contribution < -0.4 is 5.32 Å². The molecular formula is C16H25ClN2O. The standard InChI is InChI=1S/C16H25ClN2O/c1-7-16(5,6)10-18-14(20)11-8-12(15(2,3)4)19-13(17)9-11/h8-9H,7,10H2,1-6H3,(H,18,20). The predicted molar refractivity (Wildman–Crippen MR) is 84.4 cm³/mol. The van der Waals surface area contributed by atoms with Crippen LogP contribution in [-0.4, -0.2) is 17.4 Å². The van der Waals surface area contributed by atoms with Gasteiger partial charge in [-0.3, -0.25) is 4.79 Å². The van der Waals surface area contributed by atoms with Crippen LogP contribution >= 0.6 is 11.6 Å². The van der Waals surface area contributed by atoms with Crippen LogP contribution in [0, 0.1) is 5.41 Å². The fourth-order valence-electron chi connectivity index (χ4n) is 1.56. The van der Waals surface area contributed by atoms with Crippen molar-refractivity contribution in [2.75, 3.05) is 6.54 Å². The monoisotopic (exact) mass is 296 g/mol. The highest BCUT2D eigenvalue weighted by Gasteiger charge is 2.20. The molecule has 0 unspecified atom stereocenters. The molecule has 0 fully saturated rings. The van der Waals surface area contributed by atoms with Gasteiger partial charge in [0, 0.05) is 23.2 Å². The van der Waals surface area contributed by atoms with Gasteiger partial charge in [0.25, 0.3) is 5.91 Å². The first kappa shape index (κ1) is 17.0. The van der Waals surface area contributed by atoms with E-state index in [1.54, 1.807) is 6.07 Å². The Morgan fingerprint density at radius 2 is 1.85 bits per heavy atom. The lowest BCUT2D eigenvalue weighted by atomic mass is 9.89. The van der Waals surface area contributed by atoms with Gasteiger partial charge in [0.05, 0.1) is 0 Å². The van der Waals surface area contributed by atoms with Crippen molar-refractivity contribution in [1.82, 2.24) is 10.3 Å². The molecule has 0 aliphatic rings. The van der Waals surface area contributed by atoms with Crippen LogP contribution in [0.25, 0.3) is 0 Å². The molecule has 0 atom stereocenters. The number of halogens is 1. The summed E-state index contributed by atoms with van der Waals surface area (Å²) >= 11 is 6.03. The van der Waals surface area contributed by atoms with E-state index >= 15 is 0 Å². The third kappa shape index (κ3) is 4.78. The first-order valence-corrected chi connectivity index (χ1v) is 7.39. The molecule has 0 aliphatic carbocycles. The average Bonchev–Trinajstić information content (AvgIpc) is 2.34. The summed E-state index contributed by atoms with van der Waals surface area (Å²) in [6.07, 6.45) is 1.01. The Balaban J connectivity index is 2.91. The smallest absolute Gasteiger partial charge is 0.251 e. The van der Waals surface area contributed by atoms with Crippen LogP contribution in [-0.2, 0) is 5.41 Å². The van der Waals surface area contributed by atoms with Crippen molar-refractivity contribution in [3.63, 3.8) is 0 Å². The molecule has 4 heteroatoms. The third-order valence-corrected chi connectivity index (χ3v) is 3.70. The normalized spacial score (nSPS) is 12.3. The lowest BCUT2D eigenvalue weighted by Gasteiger charge is -2.23. The lowest BCUT2D eigenvalue weighted by molar-refractivity contribution is 0.0935. The van der Waals surface area contributed by atoms with E-state index < -0.39 is 0 Å². The highest BCUT2D eigenvalue weighted by atomic mass is 35.5. The maximum Gasteiger partial charge on any atom is 0.251 e. The van der Waals surface area contributed by atoms with E-state index in [-0.39, 0.29) is 16.7 Å². The molecule has 1 heterocycles. The van der Waals surface area contributed by atoms with Gasteiger partial charge < -0.3 is 5.32 Å². The number of hydrogen-bond donors (Lipinski definition) is 1. The second-order valence-electron chi connectivity index (χ2n) is 7.01. The molecular weight excluding hydrogens is 272 g/mol. The van der Waals surface area contributed by atoms with Crippen molar-refractivity contribution in [1.29, 1.82) is 0 Å². The molecule has 0 aromatic carbocycles. The molecule has 3 nitrogen and oxygen atoms in total. The zero-order valence-electron chi connectivity index (χ0n) is 13.3. The van der Waals surface area contributed by atoms with Crippen LogP contribution in [0.5, 0.6) is 0 Å². The van der Waals surface area contributed by atoms with E-state index in [1.807, 2.05) is 26.8 Å². The van der Waals surface area contributed by atoms with Crippen LogP contribution in [0.2, 0.25) is 5.15 Å². The van der Waals surface area contributed by atoms with E-state index in [1.165, 1.54) is 0 Å². The molecule has 0 saturated carbocycles. The molecule has 0 spiro atoms. The first-order chi connectivity index (χ1) is 9.05. The lowest BCUT2D eigenvalue weighted by Crippen LogP contribution is -2.33. The second kappa shape index (κ2) is 6.13. The van der Waals surface area contributed by atoms with Gasteiger partial charge in [0.1, 0.15) is 5.15 Å². The highest BCUT2D eigenvalue weighted by Crippen LogP contribution is 2.23. The van der Waals surface area contributed by atoms with Crippen molar-refractivity contribution >= 4 is 17.5 Å². The van der Waals surface area contributed by atoms with E-state index in [2.05, 4.69) is 31.1 Å². The number of carbonyl (C=O) groups excluding carboxylic acids is 1. The summed E-state index contributed by atoms with van der Waals surface area (Å²) in [6.45, 7) is 13.2. The SMILES string of the molecule is CCC(C)(C)CNC(=O)c1cc(Cl)nc(C(C)(C)C)c1. The second-order valence-corrected chi connectivity index (χ2v) is 7.40. The molecule has 0 saturated heterocycles. The molecule has 112 valence electrons. The van der Waals surface area contributed by atoms with Gasteiger partial charge in [-0.1, -0.05) is 53.1 Å². The first-order valence-electron chi connectivity index (χ1n) is 7.01. The van der Waals surface area contributed by atoms with E-state index in [9.17, 15) is 4.79 Å². The Hall–Kier alpha value is -1.09. The summed E-state index contributed by atoms with van der Waals surface area (Å²) in [6, 6.07) is 3.44. The molecule has 20 heavy (non-hydrogen) atoms. The van der Waals surface area contributed by atoms with Crippen molar-refractivity contribution in [3.05, 3.63) is 28.5 Å². The number of pyridine rings is 1. The van der Waals surface area contributed by atoms with Crippen LogP contribution in [0.1, 0.15) is 64.0 Å². The number of rotatable bonds is 4. The minimum atomic E-state index is -0.136. The number of amides is 1. The summed E-state index contributed by atoms with van der Waals surface area (Å²) in [5.41, 5.74) is 1.36. The molecule has 0 bridgehead atoms. The van der Waals surface area contributed by atoms with Crippen molar-refractivity contribution in [3.8, 4) is 0 Å². The van der Waals surface area contributed by atoms with Gasteiger partial charge in [-0.05, 0) is 24.0 Å². The van der Waals surface area contributed by atoms with Crippen LogP contribution in [0.4, 0.5) is 0 Å². The molecule has 0 radical (unpaired) electrons. The van der Waals surface area contributed by atoms with Crippen molar-refractivity contribution < 1.29 is 4.79 Å². The summed E-state index contributed by atoms with van der Waals surface area (Å²) in [5, 5.41) is 3.33. The predicted octanol–water partition coefficient (Wildman–Crippen LogP) is 4.20. The molecule has 1 aromatic rings. The molecule has 0 aliphatic heterocycles. The van der Waals surface area contributed by atoms with Crippen LogP contribution in [0.15, 0.2) is 12.1 Å². The third-order valence-electron chi connectivity index (χ3n) is 3.51. The van der Waals surface area contributed by atoms with Crippen molar-refractivity contribution in [2.45, 2.75) is 53.4 Å². The van der Waals surface area contributed by atoms with E-state index in [4.69, 9.17) is 11.6 Å².